The first kappa shape index (κ1) is 19.9. The standard InChI is InChI=1S/C19H31NO2S/c1-14-9-11-16(13-17(14)22-18(3,4)5)12-10-15(2)20-23(21)19(6,7)8/h9,11,13H,10,12H2,1-8H3/t23-/m1/s1. The molecule has 0 N–H and O–H groups in total. The van der Waals surface area contributed by atoms with E-state index < -0.39 is 11.0 Å². The van der Waals surface area contributed by atoms with Gasteiger partial charge in [0.05, 0.1) is 4.75 Å². The fourth-order valence-corrected chi connectivity index (χ4v) is 2.54. The minimum atomic E-state index is -1.18. The Balaban J connectivity index is 2.77. The molecule has 1 aromatic carbocycles. The second kappa shape index (κ2) is 7.61. The zero-order valence-electron chi connectivity index (χ0n) is 15.8. The molecule has 0 aromatic heterocycles. The maximum absolute atomic E-state index is 12.0. The molecule has 0 aliphatic carbocycles. The van der Waals surface area contributed by atoms with E-state index in [4.69, 9.17) is 4.74 Å². The van der Waals surface area contributed by atoms with Crippen LogP contribution in [0.4, 0.5) is 0 Å². The Morgan fingerprint density at radius 1 is 1.17 bits per heavy atom. The van der Waals surface area contributed by atoms with Gasteiger partial charge in [0.2, 0.25) is 0 Å². The Morgan fingerprint density at radius 2 is 1.78 bits per heavy atom. The number of nitrogens with zero attached hydrogens (tertiary/aromatic N) is 1. The van der Waals surface area contributed by atoms with Crippen LogP contribution in [0.1, 0.15) is 66.0 Å². The Hall–Kier alpha value is -1.16. The van der Waals surface area contributed by atoms with E-state index in [-0.39, 0.29) is 10.3 Å². The molecule has 4 heteroatoms. The largest absolute Gasteiger partial charge is 0.488 e. The molecule has 0 bridgehead atoms. The van der Waals surface area contributed by atoms with Crippen molar-refractivity contribution in [3.8, 4) is 5.75 Å². The molecule has 1 atom stereocenters. The first-order valence-corrected chi connectivity index (χ1v) is 9.24. The van der Waals surface area contributed by atoms with Crippen molar-refractivity contribution in [1.82, 2.24) is 0 Å². The van der Waals surface area contributed by atoms with E-state index >= 15 is 0 Å². The normalized spacial score (nSPS) is 14.7. The van der Waals surface area contributed by atoms with Gasteiger partial charge in [-0.25, -0.2) is 4.21 Å². The second-order valence-electron chi connectivity index (χ2n) is 8.00. The summed E-state index contributed by atoms with van der Waals surface area (Å²) in [7, 11) is -1.18. The van der Waals surface area contributed by atoms with Gasteiger partial charge in [0, 0.05) is 5.71 Å². The molecule has 0 radical (unpaired) electrons. The van der Waals surface area contributed by atoms with Crippen molar-refractivity contribution in [3.63, 3.8) is 0 Å². The lowest BCUT2D eigenvalue weighted by atomic mass is 10.0. The van der Waals surface area contributed by atoms with Crippen LogP contribution in [0, 0.1) is 6.92 Å². The Kier molecular flexibility index (Phi) is 6.58. The van der Waals surface area contributed by atoms with Crippen molar-refractivity contribution < 1.29 is 8.95 Å². The predicted octanol–water partition coefficient (Wildman–Crippen LogP) is 5.03. The third kappa shape index (κ3) is 7.30. The highest BCUT2D eigenvalue weighted by molar-refractivity contribution is 7.85. The Bertz CT molecular complexity index is 592. The number of hydrogen-bond acceptors (Lipinski definition) is 2. The van der Waals surface area contributed by atoms with Gasteiger partial charge < -0.3 is 4.74 Å². The summed E-state index contributed by atoms with van der Waals surface area (Å²) in [5.41, 5.74) is 3.08. The molecule has 0 saturated carbocycles. The van der Waals surface area contributed by atoms with Crippen molar-refractivity contribution in [3.05, 3.63) is 29.3 Å². The summed E-state index contributed by atoms with van der Waals surface area (Å²) in [5, 5.41) is 0. The van der Waals surface area contributed by atoms with Crippen molar-refractivity contribution in [1.29, 1.82) is 0 Å². The van der Waals surface area contributed by atoms with E-state index in [2.05, 4.69) is 50.3 Å². The van der Waals surface area contributed by atoms with E-state index in [1.54, 1.807) is 0 Å². The maximum atomic E-state index is 12.0. The number of rotatable bonds is 5. The quantitative estimate of drug-likeness (QED) is 0.707. The van der Waals surface area contributed by atoms with Crippen LogP contribution in [0.3, 0.4) is 0 Å². The molecule has 1 aromatic rings. The van der Waals surface area contributed by atoms with E-state index in [9.17, 15) is 4.21 Å². The predicted molar refractivity (Wildman–Crippen MR) is 101 cm³/mol. The zero-order chi connectivity index (χ0) is 17.8. The van der Waals surface area contributed by atoms with Crippen LogP contribution >= 0.6 is 0 Å². The first-order chi connectivity index (χ1) is 10.4. The van der Waals surface area contributed by atoms with Gasteiger partial charge in [0.25, 0.3) is 0 Å². The molecule has 23 heavy (non-hydrogen) atoms. The van der Waals surface area contributed by atoms with Gasteiger partial charge in [-0.2, -0.15) is 4.40 Å². The molecule has 1 rings (SSSR count). The van der Waals surface area contributed by atoms with E-state index in [0.717, 1.165) is 29.9 Å². The summed E-state index contributed by atoms with van der Waals surface area (Å²) in [6.07, 6.45) is 1.68. The summed E-state index contributed by atoms with van der Waals surface area (Å²) in [5.74, 6) is 0.933. The molecule has 0 spiro atoms. The van der Waals surface area contributed by atoms with Gasteiger partial charge in [-0.1, -0.05) is 12.1 Å². The second-order valence-corrected chi connectivity index (χ2v) is 9.91. The molecule has 0 fully saturated rings. The van der Waals surface area contributed by atoms with Crippen molar-refractivity contribution in [2.75, 3.05) is 0 Å². The molecule has 0 unspecified atom stereocenters. The number of aryl methyl sites for hydroxylation is 2. The minimum Gasteiger partial charge on any atom is -0.488 e. The van der Waals surface area contributed by atoms with Crippen molar-refractivity contribution in [2.24, 2.45) is 4.40 Å². The van der Waals surface area contributed by atoms with Crippen LogP contribution < -0.4 is 4.74 Å². The van der Waals surface area contributed by atoms with Crippen LogP contribution in [0.15, 0.2) is 22.6 Å². The Labute approximate surface area is 144 Å². The summed E-state index contributed by atoms with van der Waals surface area (Å²) in [4.78, 5) is 0. The lowest BCUT2D eigenvalue weighted by Gasteiger charge is -2.23. The van der Waals surface area contributed by atoms with E-state index in [1.807, 2.05) is 27.7 Å². The SMILES string of the molecule is CC(CCc1ccc(C)c(OC(C)(C)C)c1)=N[S@](=O)C(C)(C)C. The summed E-state index contributed by atoms with van der Waals surface area (Å²) >= 11 is 0. The van der Waals surface area contributed by atoms with Gasteiger partial charge in [0.15, 0.2) is 0 Å². The van der Waals surface area contributed by atoms with Gasteiger partial charge in [-0.15, -0.1) is 0 Å². The molecular formula is C19H31NO2S. The highest BCUT2D eigenvalue weighted by Gasteiger charge is 2.19. The monoisotopic (exact) mass is 337 g/mol. The average Bonchev–Trinajstić information content (AvgIpc) is 2.37. The van der Waals surface area contributed by atoms with Gasteiger partial charge in [-0.3, -0.25) is 0 Å². The maximum Gasteiger partial charge on any atom is 0.144 e. The third-order valence-electron chi connectivity index (χ3n) is 3.21. The van der Waals surface area contributed by atoms with Crippen molar-refractivity contribution in [2.45, 2.75) is 78.6 Å². The zero-order valence-corrected chi connectivity index (χ0v) is 16.6. The molecule has 0 saturated heterocycles. The van der Waals surface area contributed by atoms with Gasteiger partial charge >= 0.3 is 0 Å². The molecule has 0 aliphatic rings. The lowest BCUT2D eigenvalue weighted by molar-refractivity contribution is 0.129. The van der Waals surface area contributed by atoms with Crippen molar-refractivity contribution >= 4 is 16.7 Å². The van der Waals surface area contributed by atoms with Crippen LogP contribution in [-0.2, 0) is 17.4 Å². The van der Waals surface area contributed by atoms with Gasteiger partial charge in [-0.05, 0) is 85.4 Å². The number of hydrogen-bond donors (Lipinski definition) is 0. The van der Waals surface area contributed by atoms with Crippen LogP contribution in [0.5, 0.6) is 5.75 Å². The summed E-state index contributed by atoms with van der Waals surface area (Å²) < 4.78 is 22.1. The van der Waals surface area contributed by atoms with Crippen LogP contribution in [-0.4, -0.2) is 20.3 Å². The lowest BCUT2D eigenvalue weighted by Crippen LogP contribution is -2.23. The van der Waals surface area contributed by atoms with Gasteiger partial charge in [0.1, 0.15) is 22.3 Å². The fraction of sp³-hybridized carbons (Fsp3) is 0.632. The third-order valence-corrected chi connectivity index (χ3v) is 4.73. The molecule has 0 amide bonds. The fourth-order valence-electron chi connectivity index (χ4n) is 1.89. The highest BCUT2D eigenvalue weighted by atomic mass is 32.2. The highest BCUT2D eigenvalue weighted by Crippen LogP contribution is 2.25. The molecule has 3 nitrogen and oxygen atoms in total. The minimum absolute atomic E-state index is 0.204. The summed E-state index contributed by atoms with van der Waals surface area (Å²) in [6, 6.07) is 6.32. The molecule has 0 heterocycles. The van der Waals surface area contributed by atoms with E-state index in [1.165, 1.54) is 5.56 Å². The topological polar surface area (TPSA) is 38.7 Å². The molecule has 0 aliphatic heterocycles. The number of ether oxygens (including phenoxy) is 1. The first-order valence-electron chi connectivity index (χ1n) is 8.13. The van der Waals surface area contributed by atoms with Crippen LogP contribution in [0.2, 0.25) is 0 Å². The average molecular weight is 338 g/mol. The van der Waals surface area contributed by atoms with Crippen LogP contribution in [0.25, 0.3) is 0 Å². The number of benzene rings is 1. The Morgan fingerprint density at radius 3 is 2.30 bits per heavy atom. The van der Waals surface area contributed by atoms with E-state index in [0.29, 0.717) is 0 Å². The smallest absolute Gasteiger partial charge is 0.144 e. The summed E-state index contributed by atoms with van der Waals surface area (Å²) in [6.45, 7) is 16.0. The molecular weight excluding hydrogens is 306 g/mol. The molecule has 130 valence electrons.